The van der Waals surface area contributed by atoms with Crippen molar-refractivity contribution in [3.05, 3.63) is 101 Å². The molecule has 1 amide bonds. The van der Waals surface area contributed by atoms with Crippen LogP contribution in [0.15, 0.2) is 79.0 Å². The van der Waals surface area contributed by atoms with Crippen LogP contribution < -0.4 is 10.1 Å². The minimum Gasteiger partial charge on any atom is -0.490 e. The predicted molar refractivity (Wildman–Crippen MR) is 140 cm³/mol. The summed E-state index contributed by atoms with van der Waals surface area (Å²) in [4.78, 5) is 16.7. The van der Waals surface area contributed by atoms with E-state index in [4.69, 9.17) is 4.74 Å². The number of hydrogen-bond acceptors (Lipinski definition) is 3. The fraction of sp³-hybridized carbons (Fsp3) is 0.233. The number of aliphatic hydroxyl groups is 1. The van der Waals surface area contributed by atoms with Crippen molar-refractivity contribution in [3.8, 4) is 17.6 Å². The molecule has 4 rings (SSSR count). The maximum atomic E-state index is 13.4. The molecule has 0 aliphatic heterocycles. The standard InChI is InChI=1S/C30H30N2O3/c1-20(2)35-29-16-15-23(14-13-22-9-5-4-6-10-22)17-26(29)30(34)32-28(21(3)33)18-24-19-31-27-12-8-7-11-25(24)27/h4-12,15-17,19-21,28,31,33H,18H2,1-3H3,(H,32,34)/t21-,28?/m1/s1. The molecule has 4 aromatic rings. The number of nitrogens with one attached hydrogen (secondary N) is 2. The topological polar surface area (TPSA) is 74.3 Å². The molecule has 0 bridgehead atoms. The molecule has 2 atom stereocenters. The maximum Gasteiger partial charge on any atom is 0.255 e. The lowest BCUT2D eigenvalue weighted by Gasteiger charge is -2.22. The largest absolute Gasteiger partial charge is 0.490 e. The molecular formula is C30H30N2O3. The molecule has 3 aromatic carbocycles. The summed E-state index contributed by atoms with van der Waals surface area (Å²) in [5, 5.41) is 14.6. The van der Waals surface area contributed by atoms with Crippen LogP contribution in [0.5, 0.6) is 5.75 Å². The Bertz CT molecular complexity index is 1360. The molecule has 0 aliphatic carbocycles. The van der Waals surface area contributed by atoms with Gasteiger partial charge in [-0.15, -0.1) is 0 Å². The number of H-pyrrole nitrogens is 1. The number of carbonyl (C=O) groups is 1. The van der Waals surface area contributed by atoms with Crippen LogP contribution in [0.3, 0.4) is 0 Å². The van der Waals surface area contributed by atoms with Crippen molar-refractivity contribution in [2.24, 2.45) is 0 Å². The number of fused-ring (bicyclic) bond motifs is 1. The second kappa shape index (κ2) is 10.9. The monoisotopic (exact) mass is 466 g/mol. The average molecular weight is 467 g/mol. The van der Waals surface area contributed by atoms with Crippen LogP contribution in [0.4, 0.5) is 0 Å². The van der Waals surface area contributed by atoms with Crippen molar-refractivity contribution >= 4 is 16.8 Å². The molecule has 5 nitrogen and oxygen atoms in total. The molecule has 0 fully saturated rings. The number of carbonyl (C=O) groups excluding carboxylic acids is 1. The van der Waals surface area contributed by atoms with Gasteiger partial charge in [-0.3, -0.25) is 4.79 Å². The zero-order chi connectivity index (χ0) is 24.8. The summed E-state index contributed by atoms with van der Waals surface area (Å²) in [6.45, 7) is 5.52. The first-order valence-electron chi connectivity index (χ1n) is 11.8. The van der Waals surface area contributed by atoms with Crippen LogP contribution in [0.25, 0.3) is 10.9 Å². The Kier molecular flexibility index (Phi) is 7.54. The Labute approximate surface area is 206 Å². The third-order valence-corrected chi connectivity index (χ3v) is 5.73. The molecule has 3 N–H and O–H groups in total. The molecule has 5 heteroatoms. The first kappa shape index (κ1) is 24.1. The van der Waals surface area contributed by atoms with Gasteiger partial charge in [0, 0.05) is 28.2 Å². The Morgan fingerprint density at radius 2 is 1.69 bits per heavy atom. The Morgan fingerprint density at radius 1 is 0.971 bits per heavy atom. The molecule has 0 saturated carbocycles. The average Bonchev–Trinajstić information content (AvgIpc) is 3.26. The lowest BCUT2D eigenvalue weighted by Crippen LogP contribution is -2.43. The first-order valence-corrected chi connectivity index (χ1v) is 11.8. The number of amides is 1. The molecule has 1 unspecified atom stereocenters. The number of rotatable bonds is 7. The van der Waals surface area contributed by atoms with E-state index in [9.17, 15) is 9.90 Å². The quantitative estimate of drug-likeness (QED) is 0.333. The Balaban J connectivity index is 1.60. The Morgan fingerprint density at radius 3 is 2.43 bits per heavy atom. The number of ether oxygens (including phenoxy) is 1. The van der Waals surface area contributed by atoms with Crippen molar-refractivity contribution in [2.75, 3.05) is 0 Å². The van der Waals surface area contributed by atoms with Crippen LogP contribution >= 0.6 is 0 Å². The van der Waals surface area contributed by atoms with E-state index >= 15 is 0 Å². The number of aliphatic hydroxyl groups excluding tert-OH is 1. The van der Waals surface area contributed by atoms with Crippen molar-refractivity contribution in [1.29, 1.82) is 0 Å². The SMILES string of the molecule is CC(C)Oc1ccc(C#Cc2ccccc2)cc1C(=O)NC(Cc1c[nH]c2ccccc12)[C@@H](C)O. The second-order valence-electron chi connectivity index (χ2n) is 8.88. The summed E-state index contributed by atoms with van der Waals surface area (Å²) in [6, 6.07) is 22.6. The van der Waals surface area contributed by atoms with Gasteiger partial charge in [-0.25, -0.2) is 0 Å². The molecule has 0 spiro atoms. The lowest BCUT2D eigenvalue weighted by atomic mass is 10.0. The molecule has 0 radical (unpaired) electrons. The van der Waals surface area contributed by atoms with Gasteiger partial charge in [0.05, 0.1) is 23.8 Å². The summed E-state index contributed by atoms with van der Waals surface area (Å²) in [5.41, 5.74) is 4.06. The summed E-state index contributed by atoms with van der Waals surface area (Å²) in [5.74, 6) is 6.43. The number of hydrogen-bond donors (Lipinski definition) is 3. The number of aromatic nitrogens is 1. The minimum atomic E-state index is -0.747. The van der Waals surface area contributed by atoms with E-state index in [1.165, 1.54) is 0 Å². The second-order valence-corrected chi connectivity index (χ2v) is 8.88. The fourth-order valence-corrected chi connectivity index (χ4v) is 3.93. The van der Waals surface area contributed by atoms with E-state index in [0.717, 1.165) is 22.0 Å². The zero-order valence-corrected chi connectivity index (χ0v) is 20.2. The predicted octanol–water partition coefficient (Wildman–Crippen LogP) is 5.08. The highest BCUT2D eigenvalue weighted by molar-refractivity contribution is 5.97. The Hall–Kier alpha value is -4.01. The number of para-hydroxylation sites is 1. The number of aromatic amines is 1. The highest BCUT2D eigenvalue weighted by Crippen LogP contribution is 2.23. The van der Waals surface area contributed by atoms with Crippen LogP contribution in [-0.4, -0.2) is 34.2 Å². The third kappa shape index (κ3) is 6.11. The first-order chi connectivity index (χ1) is 16.9. The van der Waals surface area contributed by atoms with Gasteiger partial charge in [-0.05, 0) is 69.2 Å². The highest BCUT2D eigenvalue weighted by Gasteiger charge is 2.23. The van der Waals surface area contributed by atoms with E-state index in [-0.39, 0.29) is 12.0 Å². The van der Waals surface area contributed by atoms with Gasteiger partial charge in [0.2, 0.25) is 0 Å². The van der Waals surface area contributed by atoms with Crippen molar-refractivity contribution in [2.45, 2.75) is 45.4 Å². The fourth-order valence-electron chi connectivity index (χ4n) is 3.93. The van der Waals surface area contributed by atoms with Crippen LogP contribution in [0, 0.1) is 11.8 Å². The van der Waals surface area contributed by atoms with Gasteiger partial charge in [-0.2, -0.15) is 0 Å². The summed E-state index contributed by atoms with van der Waals surface area (Å²) in [7, 11) is 0. The summed E-state index contributed by atoms with van der Waals surface area (Å²) < 4.78 is 5.91. The summed E-state index contributed by atoms with van der Waals surface area (Å²) >= 11 is 0. The molecule has 0 saturated heterocycles. The normalized spacial score (nSPS) is 12.6. The highest BCUT2D eigenvalue weighted by atomic mass is 16.5. The smallest absolute Gasteiger partial charge is 0.255 e. The van der Waals surface area contributed by atoms with Crippen LogP contribution in [0.1, 0.15) is 47.8 Å². The summed E-state index contributed by atoms with van der Waals surface area (Å²) in [6.07, 6.45) is 1.57. The third-order valence-electron chi connectivity index (χ3n) is 5.73. The van der Waals surface area contributed by atoms with Crippen LogP contribution in [-0.2, 0) is 6.42 Å². The van der Waals surface area contributed by atoms with E-state index in [0.29, 0.717) is 23.3 Å². The van der Waals surface area contributed by atoms with Gasteiger partial charge in [0.25, 0.3) is 5.91 Å². The van der Waals surface area contributed by atoms with E-state index < -0.39 is 12.1 Å². The molecule has 1 aromatic heterocycles. The van der Waals surface area contributed by atoms with Gasteiger partial charge < -0.3 is 20.1 Å². The molecular weight excluding hydrogens is 436 g/mol. The zero-order valence-electron chi connectivity index (χ0n) is 20.2. The van der Waals surface area contributed by atoms with E-state index in [2.05, 4.69) is 22.1 Å². The van der Waals surface area contributed by atoms with Crippen molar-refractivity contribution in [1.82, 2.24) is 10.3 Å². The van der Waals surface area contributed by atoms with Gasteiger partial charge in [0.15, 0.2) is 0 Å². The lowest BCUT2D eigenvalue weighted by molar-refractivity contribution is 0.0853. The van der Waals surface area contributed by atoms with E-state index in [1.54, 1.807) is 19.1 Å². The molecule has 0 aliphatic rings. The van der Waals surface area contributed by atoms with E-state index in [1.807, 2.05) is 80.7 Å². The minimum absolute atomic E-state index is 0.0958. The van der Waals surface area contributed by atoms with Gasteiger partial charge in [-0.1, -0.05) is 48.2 Å². The molecule has 178 valence electrons. The van der Waals surface area contributed by atoms with Crippen molar-refractivity contribution in [3.63, 3.8) is 0 Å². The molecule has 1 heterocycles. The van der Waals surface area contributed by atoms with Crippen LogP contribution in [0.2, 0.25) is 0 Å². The number of benzene rings is 3. The molecule has 35 heavy (non-hydrogen) atoms. The maximum absolute atomic E-state index is 13.4. The van der Waals surface area contributed by atoms with Gasteiger partial charge in [0.1, 0.15) is 5.75 Å². The van der Waals surface area contributed by atoms with Crippen molar-refractivity contribution < 1.29 is 14.6 Å². The van der Waals surface area contributed by atoms with Gasteiger partial charge >= 0.3 is 0 Å².